The van der Waals surface area contributed by atoms with Gasteiger partial charge in [-0.05, 0) is 69.3 Å². The first kappa shape index (κ1) is 22.8. The first-order chi connectivity index (χ1) is 16.4. The number of carbonyl (C=O) groups is 1. The highest BCUT2D eigenvalue weighted by atomic mass is 19.1. The number of halogens is 1. The molecule has 0 unspecified atom stereocenters. The number of fused-ring (bicyclic) bond motifs is 1. The molecule has 0 aliphatic heterocycles. The topological polar surface area (TPSA) is 63.9 Å². The molecule has 0 saturated heterocycles. The lowest BCUT2D eigenvalue weighted by Crippen LogP contribution is -2.21. The van der Waals surface area contributed by atoms with Crippen LogP contribution in [0.3, 0.4) is 0 Å². The molecule has 178 valence electrons. The molecular formula is C27H32FN5O. The zero-order chi connectivity index (χ0) is 23.9. The molecule has 2 aliphatic carbocycles. The molecule has 1 fully saturated rings. The Morgan fingerprint density at radius 1 is 1.12 bits per heavy atom. The van der Waals surface area contributed by atoms with Gasteiger partial charge in [0.05, 0.1) is 23.1 Å². The Morgan fingerprint density at radius 3 is 2.65 bits per heavy atom. The monoisotopic (exact) mass is 461 g/mol. The van der Waals surface area contributed by atoms with Crippen molar-refractivity contribution in [1.82, 2.24) is 24.6 Å². The molecule has 0 N–H and O–H groups in total. The minimum Gasteiger partial charge on any atom is -0.304 e. The number of rotatable bonds is 7. The fourth-order valence-electron chi connectivity index (χ4n) is 5.48. The zero-order valence-corrected chi connectivity index (χ0v) is 20.3. The molecule has 0 spiro atoms. The number of hydrogen-bond donors (Lipinski definition) is 0. The molecule has 3 aromatic heterocycles. The van der Waals surface area contributed by atoms with Gasteiger partial charge in [-0.15, -0.1) is 0 Å². The summed E-state index contributed by atoms with van der Waals surface area (Å²) in [5.74, 6) is -0.318. The van der Waals surface area contributed by atoms with Gasteiger partial charge >= 0.3 is 0 Å². The molecule has 1 saturated carbocycles. The summed E-state index contributed by atoms with van der Waals surface area (Å²) >= 11 is 0. The number of hydrogen-bond acceptors (Lipinski definition) is 5. The lowest BCUT2D eigenvalue weighted by atomic mass is 9.89. The van der Waals surface area contributed by atoms with E-state index < -0.39 is 0 Å². The standard InChI is InChI=1S/C27H32FN5O/c1-27(9-4-5-10-27)17-33-26(28)22(14-30-33)21-12-18-7-6-8-23(18)31-25(21)19-11-20(16-34)24(29-13-19)15-32(2)3/h11-14,16H,4-10,15,17H2,1-3H3. The van der Waals surface area contributed by atoms with Gasteiger partial charge in [0.25, 0.3) is 0 Å². The SMILES string of the molecule is CN(C)Cc1ncc(-c2nc3c(cc2-c2cnn(CC4(C)CCCC4)c2F)CCC3)cc1C=O. The van der Waals surface area contributed by atoms with E-state index in [0.29, 0.717) is 29.9 Å². The number of nitrogens with zero attached hydrogens (tertiary/aromatic N) is 5. The van der Waals surface area contributed by atoms with Crippen LogP contribution in [0.4, 0.5) is 4.39 Å². The highest BCUT2D eigenvalue weighted by Crippen LogP contribution is 2.40. The number of carbonyl (C=O) groups excluding carboxylic acids is 1. The van der Waals surface area contributed by atoms with E-state index in [-0.39, 0.29) is 11.4 Å². The molecule has 0 bridgehead atoms. The molecule has 3 aromatic rings. The van der Waals surface area contributed by atoms with E-state index in [1.54, 1.807) is 12.4 Å². The Labute approximate surface area is 200 Å². The quantitative estimate of drug-likeness (QED) is 0.459. The summed E-state index contributed by atoms with van der Waals surface area (Å²) < 4.78 is 17.3. The fraction of sp³-hybridized carbons (Fsp3) is 0.481. The van der Waals surface area contributed by atoms with Crippen molar-refractivity contribution >= 4 is 6.29 Å². The Hall–Kier alpha value is -2.93. The summed E-state index contributed by atoms with van der Waals surface area (Å²) in [6, 6.07) is 3.90. The lowest BCUT2D eigenvalue weighted by molar-refractivity contribution is 0.112. The van der Waals surface area contributed by atoms with E-state index in [1.807, 2.05) is 25.1 Å². The van der Waals surface area contributed by atoms with Crippen LogP contribution in [0.5, 0.6) is 0 Å². The molecule has 7 heteroatoms. The van der Waals surface area contributed by atoms with E-state index in [0.717, 1.165) is 60.9 Å². The summed E-state index contributed by atoms with van der Waals surface area (Å²) in [5.41, 5.74) is 6.14. The fourth-order valence-corrected chi connectivity index (χ4v) is 5.48. The second kappa shape index (κ2) is 9.02. The Balaban J connectivity index is 1.59. The van der Waals surface area contributed by atoms with Crippen LogP contribution in [0.2, 0.25) is 0 Å². The average Bonchev–Trinajstić information content (AvgIpc) is 3.54. The molecule has 6 nitrogen and oxygen atoms in total. The summed E-state index contributed by atoms with van der Waals surface area (Å²) in [7, 11) is 3.88. The van der Waals surface area contributed by atoms with E-state index in [4.69, 9.17) is 4.98 Å². The van der Waals surface area contributed by atoms with E-state index in [1.165, 1.54) is 23.1 Å². The van der Waals surface area contributed by atoms with Crippen molar-refractivity contribution in [2.45, 2.75) is 65.0 Å². The molecule has 5 rings (SSSR count). The van der Waals surface area contributed by atoms with Crippen LogP contribution in [-0.2, 0) is 25.9 Å². The van der Waals surface area contributed by atoms with Crippen LogP contribution in [0.15, 0.2) is 24.5 Å². The minimum absolute atomic E-state index is 0.0915. The van der Waals surface area contributed by atoms with Crippen molar-refractivity contribution in [3.63, 3.8) is 0 Å². The summed E-state index contributed by atoms with van der Waals surface area (Å²) in [6.45, 7) is 3.38. The highest BCUT2D eigenvalue weighted by molar-refractivity contribution is 5.85. The van der Waals surface area contributed by atoms with Crippen molar-refractivity contribution in [3.05, 3.63) is 53.0 Å². The van der Waals surface area contributed by atoms with Crippen LogP contribution >= 0.6 is 0 Å². The molecule has 0 atom stereocenters. The zero-order valence-electron chi connectivity index (χ0n) is 20.3. The molecule has 0 aromatic carbocycles. The van der Waals surface area contributed by atoms with Crippen LogP contribution in [0.1, 0.15) is 66.3 Å². The highest BCUT2D eigenvalue weighted by Gasteiger charge is 2.31. The van der Waals surface area contributed by atoms with Crippen molar-refractivity contribution in [3.8, 4) is 22.4 Å². The average molecular weight is 462 g/mol. The molecule has 3 heterocycles. The third kappa shape index (κ3) is 4.29. The van der Waals surface area contributed by atoms with Crippen molar-refractivity contribution in [1.29, 1.82) is 0 Å². The molecule has 0 radical (unpaired) electrons. The second-order valence-corrected chi connectivity index (χ2v) is 10.5. The molecule has 2 aliphatic rings. The minimum atomic E-state index is -0.318. The van der Waals surface area contributed by atoms with Crippen LogP contribution in [-0.4, -0.2) is 45.0 Å². The number of pyridine rings is 2. The third-order valence-electron chi connectivity index (χ3n) is 7.33. The predicted molar refractivity (Wildman–Crippen MR) is 130 cm³/mol. The number of aromatic nitrogens is 4. The van der Waals surface area contributed by atoms with Gasteiger partial charge in [0, 0.05) is 41.7 Å². The van der Waals surface area contributed by atoms with Crippen LogP contribution in [0.25, 0.3) is 22.4 Å². The van der Waals surface area contributed by atoms with Crippen molar-refractivity contribution in [2.75, 3.05) is 14.1 Å². The predicted octanol–water partition coefficient (Wildman–Crippen LogP) is 5.09. The Morgan fingerprint density at radius 2 is 1.91 bits per heavy atom. The van der Waals surface area contributed by atoms with E-state index >= 15 is 4.39 Å². The molecule has 34 heavy (non-hydrogen) atoms. The van der Waals surface area contributed by atoms with E-state index in [2.05, 4.69) is 23.1 Å². The maximum Gasteiger partial charge on any atom is 0.219 e. The van der Waals surface area contributed by atoms with Crippen LogP contribution < -0.4 is 0 Å². The van der Waals surface area contributed by atoms with Gasteiger partial charge in [-0.3, -0.25) is 14.8 Å². The largest absolute Gasteiger partial charge is 0.304 e. The van der Waals surface area contributed by atoms with E-state index in [9.17, 15) is 4.79 Å². The Bertz CT molecular complexity index is 1230. The summed E-state index contributed by atoms with van der Waals surface area (Å²) in [5, 5.41) is 4.45. The number of aldehydes is 1. The number of aryl methyl sites for hydroxylation is 2. The van der Waals surface area contributed by atoms with Gasteiger partial charge in [0.2, 0.25) is 5.95 Å². The summed E-state index contributed by atoms with van der Waals surface area (Å²) in [4.78, 5) is 23.3. The Kier molecular flexibility index (Phi) is 6.06. The first-order valence-electron chi connectivity index (χ1n) is 12.2. The first-order valence-corrected chi connectivity index (χ1v) is 12.2. The molecular weight excluding hydrogens is 429 g/mol. The van der Waals surface area contributed by atoms with Crippen LogP contribution in [0, 0.1) is 11.4 Å². The third-order valence-corrected chi connectivity index (χ3v) is 7.33. The maximum atomic E-state index is 15.7. The van der Waals surface area contributed by atoms with Gasteiger partial charge in [0.1, 0.15) is 0 Å². The lowest BCUT2D eigenvalue weighted by Gasteiger charge is -2.23. The van der Waals surface area contributed by atoms with Crippen molar-refractivity contribution < 1.29 is 9.18 Å². The normalized spacial score (nSPS) is 16.9. The van der Waals surface area contributed by atoms with Gasteiger partial charge < -0.3 is 4.90 Å². The molecule has 0 amide bonds. The van der Waals surface area contributed by atoms with Crippen molar-refractivity contribution in [2.24, 2.45) is 5.41 Å². The smallest absolute Gasteiger partial charge is 0.219 e. The maximum absolute atomic E-state index is 15.7. The van der Waals surface area contributed by atoms with Gasteiger partial charge in [-0.25, -0.2) is 4.68 Å². The van der Waals surface area contributed by atoms with Gasteiger partial charge in [0.15, 0.2) is 6.29 Å². The summed E-state index contributed by atoms with van der Waals surface area (Å²) in [6.07, 6.45) is 11.7. The van der Waals surface area contributed by atoms with Gasteiger partial charge in [-0.2, -0.15) is 9.49 Å². The second-order valence-electron chi connectivity index (χ2n) is 10.5. The van der Waals surface area contributed by atoms with Gasteiger partial charge in [-0.1, -0.05) is 19.8 Å².